The van der Waals surface area contributed by atoms with Crippen LogP contribution < -0.4 is 0 Å². The quantitative estimate of drug-likeness (QED) is 0.781. The Labute approximate surface area is 98.4 Å². The molecule has 1 unspecified atom stereocenters. The summed E-state index contributed by atoms with van der Waals surface area (Å²) in [5, 5.41) is 0. The molecule has 0 saturated heterocycles. The van der Waals surface area contributed by atoms with Crippen LogP contribution in [0, 0.1) is 5.92 Å². The Bertz CT molecular complexity index is 431. The summed E-state index contributed by atoms with van der Waals surface area (Å²) in [6.45, 7) is 0. The highest BCUT2D eigenvalue weighted by Crippen LogP contribution is 2.36. The molecule has 0 amide bonds. The van der Waals surface area contributed by atoms with Crippen molar-refractivity contribution in [1.29, 1.82) is 0 Å². The van der Waals surface area contributed by atoms with Gasteiger partial charge in [0.1, 0.15) is 12.2 Å². The number of aromatic amines is 1. The predicted octanol–water partition coefficient (Wildman–Crippen LogP) is 3.18. The first-order valence-electron chi connectivity index (χ1n) is 5.35. The summed E-state index contributed by atoms with van der Waals surface area (Å²) in [4.78, 5) is 6.07. The summed E-state index contributed by atoms with van der Waals surface area (Å²) in [7, 11) is 0. The van der Waals surface area contributed by atoms with Crippen LogP contribution in [0.4, 0.5) is 26.3 Å². The molecule has 1 aromatic rings. The molecule has 0 aliphatic heterocycles. The van der Waals surface area contributed by atoms with Crippen LogP contribution in [0.25, 0.3) is 0 Å². The highest BCUT2D eigenvalue weighted by molar-refractivity contribution is 5.19. The van der Waals surface area contributed by atoms with Crippen LogP contribution in [-0.2, 0) is 19.3 Å². The van der Waals surface area contributed by atoms with Gasteiger partial charge in [-0.3, -0.25) is 0 Å². The third-order valence-corrected chi connectivity index (χ3v) is 2.92. The van der Waals surface area contributed by atoms with Crippen LogP contribution in [0.5, 0.6) is 0 Å². The first-order valence-corrected chi connectivity index (χ1v) is 5.35. The summed E-state index contributed by atoms with van der Waals surface area (Å²) >= 11 is 0. The number of fused-ring (bicyclic) bond motifs is 1. The topological polar surface area (TPSA) is 28.7 Å². The largest absolute Gasteiger partial charge is 0.396 e. The highest BCUT2D eigenvalue weighted by atomic mass is 19.4. The molecule has 102 valence electrons. The average Bonchev–Trinajstić information content (AvgIpc) is 2.53. The Morgan fingerprint density at radius 1 is 1.17 bits per heavy atom. The van der Waals surface area contributed by atoms with Gasteiger partial charge in [0.05, 0.1) is 11.6 Å². The molecule has 0 radical (unpaired) electrons. The van der Waals surface area contributed by atoms with Crippen molar-refractivity contribution < 1.29 is 26.3 Å². The summed E-state index contributed by atoms with van der Waals surface area (Å²) in [5.74, 6) is -1.81. The molecule has 2 nitrogen and oxygen atoms in total. The summed E-state index contributed by atoms with van der Waals surface area (Å²) < 4.78 is 73.9. The Morgan fingerprint density at radius 3 is 2.39 bits per heavy atom. The van der Waals surface area contributed by atoms with Gasteiger partial charge in [-0.05, 0) is 12.8 Å². The molecule has 1 aliphatic rings. The predicted molar refractivity (Wildman–Crippen MR) is 49.9 cm³/mol. The van der Waals surface area contributed by atoms with Gasteiger partial charge >= 0.3 is 12.4 Å². The van der Waals surface area contributed by atoms with E-state index in [9.17, 15) is 26.3 Å². The standard InChI is InChI=1S/C10H10F6N2/c11-9(12,13)4-8-17-6-2-1-5(10(14,15)16)3-7(6)18-8/h5H,1-4H2,(H,17,18). The smallest absolute Gasteiger partial charge is 0.345 e. The van der Waals surface area contributed by atoms with Gasteiger partial charge in [-0.15, -0.1) is 0 Å². The van der Waals surface area contributed by atoms with Crippen LogP contribution in [0.1, 0.15) is 23.6 Å². The van der Waals surface area contributed by atoms with Crippen molar-refractivity contribution in [2.75, 3.05) is 0 Å². The number of alkyl halides is 6. The SMILES string of the molecule is FC(F)(F)Cc1nc2c([nH]1)CC(C(F)(F)F)CC2. The third kappa shape index (κ3) is 2.97. The van der Waals surface area contributed by atoms with Gasteiger partial charge in [-0.2, -0.15) is 26.3 Å². The molecule has 0 saturated carbocycles. The molecule has 8 heteroatoms. The fraction of sp³-hybridized carbons (Fsp3) is 0.700. The van der Waals surface area contributed by atoms with E-state index in [-0.39, 0.29) is 30.8 Å². The van der Waals surface area contributed by atoms with Gasteiger partial charge < -0.3 is 4.98 Å². The molecule has 0 fully saturated rings. The number of nitrogens with one attached hydrogen (secondary N) is 1. The van der Waals surface area contributed by atoms with Gasteiger partial charge in [0.25, 0.3) is 0 Å². The maximum atomic E-state index is 12.5. The molecule has 1 N–H and O–H groups in total. The average molecular weight is 272 g/mol. The monoisotopic (exact) mass is 272 g/mol. The molecule has 1 atom stereocenters. The molecular formula is C10H10F6N2. The van der Waals surface area contributed by atoms with Gasteiger partial charge in [0, 0.05) is 12.1 Å². The normalized spacial score (nSPS) is 20.9. The van der Waals surface area contributed by atoms with E-state index in [0.29, 0.717) is 5.69 Å². The number of aromatic nitrogens is 2. The summed E-state index contributed by atoms with van der Waals surface area (Å²) in [6, 6.07) is 0. The Morgan fingerprint density at radius 2 is 1.83 bits per heavy atom. The number of rotatable bonds is 1. The molecule has 0 bridgehead atoms. The number of imidazole rings is 1. The van der Waals surface area contributed by atoms with E-state index in [1.807, 2.05) is 0 Å². The molecule has 1 aliphatic carbocycles. The lowest BCUT2D eigenvalue weighted by molar-refractivity contribution is -0.177. The van der Waals surface area contributed by atoms with Crippen molar-refractivity contribution in [3.63, 3.8) is 0 Å². The van der Waals surface area contributed by atoms with E-state index in [0.717, 1.165) is 0 Å². The van der Waals surface area contributed by atoms with Crippen LogP contribution in [0.2, 0.25) is 0 Å². The minimum Gasteiger partial charge on any atom is -0.345 e. The lowest BCUT2D eigenvalue weighted by Crippen LogP contribution is -2.28. The van der Waals surface area contributed by atoms with Gasteiger partial charge in [0.15, 0.2) is 0 Å². The number of nitrogens with zero attached hydrogens (tertiary/aromatic N) is 1. The summed E-state index contributed by atoms with van der Waals surface area (Å²) in [6.07, 6.45) is -10.3. The van der Waals surface area contributed by atoms with Crippen LogP contribution in [0.3, 0.4) is 0 Å². The summed E-state index contributed by atoms with van der Waals surface area (Å²) in [5.41, 5.74) is 0.512. The Hall–Kier alpha value is -1.21. The molecular weight excluding hydrogens is 262 g/mol. The number of halogens is 6. The van der Waals surface area contributed by atoms with Gasteiger partial charge in [0.2, 0.25) is 0 Å². The van der Waals surface area contributed by atoms with Crippen molar-refractivity contribution in [3.8, 4) is 0 Å². The van der Waals surface area contributed by atoms with E-state index in [1.165, 1.54) is 0 Å². The van der Waals surface area contributed by atoms with Crippen molar-refractivity contribution >= 4 is 0 Å². The van der Waals surface area contributed by atoms with E-state index < -0.39 is 24.7 Å². The first-order chi connectivity index (χ1) is 8.15. The second kappa shape index (κ2) is 4.17. The fourth-order valence-corrected chi connectivity index (χ4v) is 2.09. The molecule has 0 spiro atoms. The van der Waals surface area contributed by atoms with Crippen LogP contribution in [0.15, 0.2) is 0 Å². The van der Waals surface area contributed by atoms with E-state index in [2.05, 4.69) is 9.97 Å². The van der Waals surface area contributed by atoms with Crippen molar-refractivity contribution in [2.45, 2.75) is 38.0 Å². The van der Waals surface area contributed by atoms with E-state index >= 15 is 0 Å². The number of hydrogen-bond acceptors (Lipinski definition) is 1. The minimum atomic E-state index is -4.41. The first kappa shape index (κ1) is 13.2. The number of H-pyrrole nitrogens is 1. The second-order valence-electron chi connectivity index (χ2n) is 4.38. The van der Waals surface area contributed by atoms with Crippen molar-refractivity contribution in [3.05, 3.63) is 17.2 Å². The fourth-order valence-electron chi connectivity index (χ4n) is 2.09. The van der Waals surface area contributed by atoms with E-state index in [1.54, 1.807) is 0 Å². The Kier molecular flexibility index (Phi) is 3.06. The third-order valence-electron chi connectivity index (χ3n) is 2.92. The van der Waals surface area contributed by atoms with Crippen LogP contribution >= 0.6 is 0 Å². The van der Waals surface area contributed by atoms with E-state index in [4.69, 9.17) is 0 Å². The molecule has 0 aromatic carbocycles. The van der Waals surface area contributed by atoms with Crippen LogP contribution in [-0.4, -0.2) is 22.3 Å². The highest BCUT2D eigenvalue weighted by Gasteiger charge is 2.42. The molecule has 2 rings (SSSR count). The lowest BCUT2D eigenvalue weighted by Gasteiger charge is -2.23. The molecule has 1 aromatic heterocycles. The second-order valence-corrected chi connectivity index (χ2v) is 4.38. The maximum absolute atomic E-state index is 12.5. The Balaban J connectivity index is 2.14. The van der Waals surface area contributed by atoms with Crippen molar-refractivity contribution in [1.82, 2.24) is 9.97 Å². The zero-order chi connectivity index (χ0) is 13.6. The molecule has 18 heavy (non-hydrogen) atoms. The minimum absolute atomic E-state index is 0.0634. The maximum Gasteiger partial charge on any atom is 0.396 e. The zero-order valence-electron chi connectivity index (χ0n) is 9.12. The number of aryl methyl sites for hydroxylation is 1. The zero-order valence-corrected chi connectivity index (χ0v) is 9.12. The molecule has 1 heterocycles. The van der Waals surface area contributed by atoms with Gasteiger partial charge in [-0.25, -0.2) is 4.98 Å². The van der Waals surface area contributed by atoms with Crippen molar-refractivity contribution in [2.24, 2.45) is 5.92 Å². The number of hydrogen-bond donors (Lipinski definition) is 1. The van der Waals surface area contributed by atoms with Gasteiger partial charge in [-0.1, -0.05) is 0 Å². The lowest BCUT2D eigenvalue weighted by atomic mass is 9.89.